The Balaban J connectivity index is 2.03. The molecule has 1 heterocycles. The lowest BCUT2D eigenvalue weighted by molar-refractivity contribution is 0.107. The van der Waals surface area contributed by atoms with Gasteiger partial charge in [0.2, 0.25) is 0 Å². The molecule has 1 saturated carbocycles. The predicted octanol–water partition coefficient (Wildman–Crippen LogP) is 2.86. The molecule has 14 heavy (non-hydrogen) atoms. The van der Waals surface area contributed by atoms with Gasteiger partial charge in [-0.05, 0) is 24.8 Å². The Morgan fingerprint density at radius 3 is 3.21 bits per heavy atom. The number of fused-ring (bicyclic) bond motifs is 2. The van der Waals surface area contributed by atoms with E-state index in [-0.39, 0.29) is 0 Å². The third-order valence-electron chi connectivity index (χ3n) is 3.61. The Hall–Kier alpha value is -0.820. The van der Waals surface area contributed by atoms with Crippen LogP contribution >= 0.6 is 0 Å². The molecule has 0 aromatic carbocycles. The summed E-state index contributed by atoms with van der Waals surface area (Å²) in [6.07, 6.45) is 12.9. The number of hydrogen-bond acceptors (Lipinski definition) is 1. The summed E-state index contributed by atoms with van der Waals surface area (Å²) in [6.45, 7) is 1.84. The molecule has 2 aliphatic carbocycles. The van der Waals surface area contributed by atoms with Gasteiger partial charge in [-0.2, -0.15) is 0 Å². The fourth-order valence-corrected chi connectivity index (χ4v) is 2.89. The molecule has 2 unspecified atom stereocenters. The summed E-state index contributed by atoms with van der Waals surface area (Å²) in [6, 6.07) is 0. The minimum Gasteiger partial charge on any atom is -0.380 e. The zero-order valence-electron chi connectivity index (χ0n) is 8.41. The quantitative estimate of drug-likeness (QED) is 0.568. The predicted molar refractivity (Wildman–Crippen MR) is 57.0 cm³/mol. The van der Waals surface area contributed by atoms with Crippen LogP contribution in [0.4, 0.5) is 0 Å². The molecular formula is C13H16O. The monoisotopic (exact) mass is 188 g/mol. The standard InChI is InChI=1S/C13H16O/c1-2-6-12-10(4-1)8-14-9-11-5-3-7-13(11)12/h1-2,4,6,10-11H,3,5,7-9H2. The van der Waals surface area contributed by atoms with E-state index >= 15 is 0 Å². The second-order valence-corrected chi connectivity index (χ2v) is 4.46. The van der Waals surface area contributed by atoms with Crippen LogP contribution in [-0.4, -0.2) is 13.2 Å². The average Bonchev–Trinajstić information content (AvgIpc) is 2.61. The lowest BCUT2D eigenvalue weighted by Crippen LogP contribution is -2.09. The van der Waals surface area contributed by atoms with Gasteiger partial charge < -0.3 is 4.74 Å². The first-order chi connectivity index (χ1) is 6.95. The van der Waals surface area contributed by atoms with Crippen LogP contribution in [0.3, 0.4) is 0 Å². The highest BCUT2D eigenvalue weighted by molar-refractivity contribution is 5.39. The summed E-state index contributed by atoms with van der Waals surface area (Å²) in [5.74, 6) is 1.27. The summed E-state index contributed by atoms with van der Waals surface area (Å²) >= 11 is 0. The molecule has 1 fully saturated rings. The first kappa shape index (κ1) is 8.49. The zero-order valence-corrected chi connectivity index (χ0v) is 8.41. The van der Waals surface area contributed by atoms with E-state index in [0.717, 1.165) is 19.1 Å². The number of ether oxygens (including phenoxy) is 1. The molecule has 0 amide bonds. The summed E-state index contributed by atoms with van der Waals surface area (Å²) in [5, 5.41) is 0. The number of allylic oxidation sites excluding steroid dienone is 3. The largest absolute Gasteiger partial charge is 0.380 e. The second kappa shape index (κ2) is 3.39. The van der Waals surface area contributed by atoms with E-state index in [1.807, 2.05) is 0 Å². The van der Waals surface area contributed by atoms with Crippen LogP contribution in [0.15, 0.2) is 35.5 Å². The second-order valence-electron chi connectivity index (χ2n) is 4.46. The van der Waals surface area contributed by atoms with Crippen molar-refractivity contribution >= 4 is 0 Å². The van der Waals surface area contributed by atoms with Crippen molar-refractivity contribution in [2.75, 3.05) is 13.2 Å². The molecule has 1 nitrogen and oxygen atoms in total. The van der Waals surface area contributed by atoms with Crippen LogP contribution in [0.2, 0.25) is 0 Å². The Bertz CT molecular complexity index is 322. The van der Waals surface area contributed by atoms with Gasteiger partial charge in [-0.15, -0.1) is 0 Å². The lowest BCUT2D eigenvalue weighted by atomic mass is 9.88. The summed E-state index contributed by atoms with van der Waals surface area (Å²) in [4.78, 5) is 0. The molecule has 2 atom stereocenters. The van der Waals surface area contributed by atoms with Gasteiger partial charge >= 0.3 is 0 Å². The zero-order chi connectivity index (χ0) is 9.38. The molecule has 3 aliphatic rings. The Kier molecular flexibility index (Phi) is 2.06. The Morgan fingerprint density at radius 1 is 1.21 bits per heavy atom. The van der Waals surface area contributed by atoms with Crippen molar-refractivity contribution in [1.29, 1.82) is 0 Å². The van der Waals surface area contributed by atoms with Gasteiger partial charge in [0.25, 0.3) is 0 Å². The molecular weight excluding hydrogens is 172 g/mol. The van der Waals surface area contributed by atoms with E-state index in [0.29, 0.717) is 5.92 Å². The average molecular weight is 188 g/mol. The highest BCUT2D eigenvalue weighted by Gasteiger charge is 2.29. The molecule has 1 aliphatic heterocycles. The molecule has 0 radical (unpaired) electrons. The Labute approximate surface area is 85.1 Å². The molecule has 0 saturated heterocycles. The van der Waals surface area contributed by atoms with Crippen LogP contribution in [0.1, 0.15) is 19.3 Å². The minimum atomic E-state index is 0.540. The van der Waals surface area contributed by atoms with E-state index in [4.69, 9.17) is 4.74 Å². The maximum absolute atomic E-state index is 5.75. The maximum Gasteiger partial charge on any atom is 0.0569 e. The van der Waals surface area contributed by atoms with Crippen molar-refractivity contribution < 1.29 is 4.74 Å². The SMILES string of the molecule is C1=CC2=C3CCCC3COCC2C=C1. The van der Waals surface area contributed by atoms with Crippen molar-refractivity contribution in [2.24, 2.45) is 11.8 Å². The molecule has 0 aromatic heterocycles. The molecule has 1 heteroatoms. The van der Waals surface area contributed by atoms with Gasteiger partial charge in [0.1, 0.15) is 0 Å². The van der Waals surface area contributed by atoms with Gasteiger partial charge in [-0.1, -0.05) is 29.9 Å². The fraction of sp³-hybridized carbons (Fsp3) is 0.538. The highest BCUT2D eigenvalue weighted by Crippen LogP contribution is 2.39. The van der Waals surface area contributed by atoms with E-state index in [1.54, 1.807) is 11.1 Å². The number of rotatable bonds is 0. The summed E-state index contributed by atoms with van der Waals surface area (Å²) in [5.41, 5.74) is 3.25. The minimum absolute atomic E-state index is 0.540. The molecule has 0 N–H and O–H groups in total. The van der Waals surface area contributed by atoms with Crippen LogP contribution < -0.4 is 0 Å². The van der Waals surface area contributed by atoms with Gasteiger partial charge in [-0.3, -0.25) is 0 Å². The van der Waals surface area contributed by atoms with Crippen LogP contribution in [-0.2, 0) is 4.74 Å². The normalized spacial score (nSPS) is 35.4. The van der Waals surface area contributed by atoms with Crippen LogP contribution in [0.25, 0.3) is 0 Å². The van der Waals surface area contributed by atoms with Crippen molar-refractivity contribution in [3.8, 4) is 0 Å². The maximum atomic E-state index is 5.75. The summed E-state index contributed by atoms with van der Waals surface area (Å²) in [7, 11) is 0. The highest BCUT2D eigenvalue weighted by atomic mass is 16.5. The lowest BCUT2D eigenvalue weighted by Gasteiger charge is -2.16. The van der Waals surface area contributed by atoms with Gasteiger partial charge in [0.15, 0.2) is 0 Å². The van der Waals surface area contributed by atoms with Crippen LogP contribution in [0.5, 0.6) is 0 Å². The van der Waals surface area contributed by atoms with E-state index in [1.165, 1.54) is 19.3 Å². The molecule has 3 rings (SSSR count). The number of hydrogen-bond donors (Lipinski definition) is 0. The molecule has 0 aromatic rings. The van der Waals surface area contributed by atoms with Crippen molar-refractivity contribution in [3.05, 3.63) is 35.5 Å². The fourth-order valence-electron chi connectivity index (χ4n) is 2.89. The van der Waals surface area contributed by atoms with Crippen LogP contribution in [0, 0.1) is 11.8 Å². The Morgan fingerprint density at radius 2 is 2.21 bits per heavy atom. The van der Waals surface area contributed by atoms with E-state index in [9.17, 15) is 0 Å². The first-order valence-electron chi connectivity index (χ1n) is 5.61. The van der Waals surface area contributed by atoms with Gasteiger partial charge in [0.05, 0.1) is 13.2 Å². The third kappa shape index (κ3) is 1.27. The first-order valence-corrected chi connectivity index (χ1v) is 5.61. The molecule has 0 spiro atoms. The molecule has 0 bridgehead atoms. The van der Waals surface area contributed by atoms with Gasteiger partial charge in [0, 0.05) is 11.8 Å². The van der Waals surface area contributed by atoms with Crippen molar-refractivity contribution in [3.63, 3.8) is 0 Å². The summed E-state index contributed by atoms with van der Waals surface area (Å²) < 4.78 is 5.75. The van der Waals surface area contributed by atoms with Crippen molar-refractivity contribution in [1.82, 2.24) is 0 Å². The topological polar surface area (TPSA) is 9.23 Å². The third-order valence-corrected chi connectivity index (χ3v) is 3.61. The van der Waals surface area contributed by atoms with E-state index < -0.39 is 0 Å². The van der Waals surface area contributed by atoms with Crippen molar-refractivity contribution in [2.45, 2.75) is 19.3 Å². The smallest absolute Gasteiger partial charge is 0.0569 e. The molecule has 74 valence electrons. The van der Waals surface area contributed by atoms with E-state index in [2.05, 4.69) is 24.3 Å². The van der Waals surface area contributed by atoms with Gasteiger partial charge in [-0.25, -0.2) is 0 Å².